The number of nitrogens with zero attached hydrogens (tertiary/aromatic N) is 2. The third-order valence-electron chi connectivity index (χ3n) is 4.49. The second-order valence-electron chi connectivity index (χ2n) is 6.52. The fourth-order valence-electron chi connectivity index (χ4n) is 3.04. The molecule has 5 aromatic rings. The molecule has 0 saturated heterocycles. The summed E-state index contributed by atoms with van der Waals surface area (Å²) in [4.78, 5) is 9.21. The van der Waals surface area contributed by atoms with Crippen molar-refractivity contribution < 1.29 is 13.5 Å². The molecule has 0 fully saturated rings. The summed E-state index contributed by atoms with van der Waals surface area (Å²) in [6.07, 6.45) is 1.90. The van der Waals surface area contributed by atoms with Crippen molar-refractivity contribution in [1.82, 2.24) is 9.97 Å². The average molecular weight is 533 g/mol. The van der Waals surface area contributed by atoms with E-state index >= 15 is 0 Å². The first-order chi connectivity index (χ1) is 14.7. The van der Waals surface area contributed by atoms with E-state index < -0.39 is 13.5 Å². The van der Waals surface area contributed by atoms with Crippen LogP contribution in [0.2, 0.25) is 0 Å². The van der Waals surface area contributed by atoms with Gasteiger partial charge in [-0.1, -0.05) is 48.5 Å². The molecule has 5 heteroatoms. The summed E-state index contributed by atoms with van der Waals surface area (Å²) in [7, 11) is 11.3. The fraction of sp³-hybridized carbons (Fsp3) is 0. The normalized spacial score (nSPS) is 10.6. The zero-order chi connectivity index (χ0) is 20.8. The molecular weight excluding hydrogens is 512 g/mol. The minimum Gasteiger partial charge on any atom is -0.254 e. The second kappa shape index (κ2) is 11.3. The number of hydrogen-bond acceptors (Lipinski definition) is 2. The molecular formula is C26H21Cl2N2Ru-. The molecule has 0 aliphatic rings. The van der Waals surface area contributed by atoms with Crippen LogP contribution in [0.15, 0.2) is 103 Å². The Kier molecular flexibility index (Phi) is 8.43. The van der Waals surface area contributed by atoms with E-state index in [1.807, 2.05) is 77.5 Å². The van der Waals surface area contributed by atoms with Gasteiger partial charge < -0.3 is 7.43 Å². The van der Waals surface area contributed by atoms with Gasteiger partial charge in [-0.15, -0.1) is 0 Å². The molecule has 0 amide bonds. The number of pyridine rings is 2. The van der Waals surface area contributed by atoms with E-state index in [0.717, 1.165) is 33.2 Å². The largest absolute Gasteiger partial charge is 0.254 e. The molecule has 3 aromatic carbocycles. The molecule has 5 rings (SSSR count). The SMILES string of the molecule is [CH3-].[Cl][Ru]([Cl])=[CH]c1ccccc1.c1ccc2cc(-c3ccc4ccccc4n3)ncc2c1. The van der Waals surface area contributed by atoms with Crippen molar-refractivity contribution in [1.29, 1.82) is 0 Å². The molecule has 0 bridgehead atoms. The molecule has 2 aromatic heterocycles. The first-order valence-electron chi connectivity index (χ1n) is 9.28. The molecule has 31 heavy (non-hydrogen) atoms. The van der Waals surface area contributed by atoms with E-state index in [2.05, 4.69) is 40.3 Å². The summed E-state index contributed by atoms with van der Waals surface area (Å²) in [5.74, 6) is 0. The Bertz CT molecular complexity index is 1240. The van der Waals surface area contributed by atoms with Crippen LogP contribution in [-0.4, -0.2) is 14.6 Å². The molecule has 0 saturated carbocycles. The van der Waals surface area contributed by atoms with Crippen LogP contribution in [0, 0.1) is 7.43 Å². The monoisotopic (exact) mass is 533 g/mol. The maximum atomic E-state index is 5.67. The summed E-state index contributed by atoms with van der Waals surface area (Å²) < 4.78 is 1.92. The molecule has 2 nitrogen and oxygen atoms in total. The first-order valence-corrected chi connectivity index (χ1v) is 14.8. The maximum Gasteiger partial charge on any atom is 0.0894 e. The predicted octanol–water partition coefficient (Wildman–Crippen LogP) is 7.66. The van der Waals surface area contributed by atoms with Crippen molar-refractivity contribution in [3.63, 3.8) is 0 Å². The molecule has 0 atom stereocenters. The Labute approximate surface area is 196 Å². The Morgan fingerprint density at radius 2 is 1.29 bits per heavy atom. The van der Waals surface area contributed by atoms with E-state index in [1.54, 1.807) is 0 Å². The molecule has 0 radical (unpaired) electrons. The van der Waals surface area contributed by atoms with Crippen LogP contribution in [-0.2, 0) is 13.5 Å². The van der Waals surface area contributed by atoms with Gasteiger partial charge in [-0.05, 0) is 23.6 Å². The van der Waals surface area contributed by atoms with Crippen LogP contribution in [0.5, 0.6) is 0 Å². The number of halogens is 2. The van der Waals surface area contributed by atoms with Crippen molar-refractivity contribution in [2.45, 2.75) is 0 Å². The maximum absolute atomic E-state index is 5.67. The van der Waals surface area contributed by atoms with Crippen molar-refractivity contribution in [2.75, 3.05) is 0 Å². The van der Waals surface area contributed by atoms with Crippen molar-refractivity contribution in [3.8, 4) is 11.4 Å². The smallest absolute Gasteiger partial charge is 0.0894 e. The number of aromatic nitrogens is 2. The average Bonchev–Trinajstić information content (AvgIpc) is 2.79. The van der Waals surface area contributed by atoms with Gasteiger partial charge in [-0.25, -0.2) is 4.98 Å². The summed E-state index contributed by atoms with van der Waals surface area (Å²) in [6, 6.07) is 32.5. The summed E-state index contributed by atoms with van der Waals surface area (Å²) in [5.41, 5.74) is 3.94. The van der Waals surface area contributed by atoms with Gasteiger partial charge in [0.05, 0.1) is 16.9 Å². The summed E-state index contributed by atoms with van der Waals surface area (Å²) >= 11 is -1.61. The Hall–Kier alpha value is -2.45. The third kappa shape index (κ3) is 6.27. The van der Waals surface area contributed by atoms with Crippen LogP contribution in [0.25, 0.3) is 33.1 Å². The summed E-state index contributed by atoms with van der Waals surface area (Å²) in [5, 5.41) is 3.49. The second-order valence-corrected chi connectivity index (χ2v) is 12.2. The molecule has 0 unspecified atom stereocenters. The topological polar surface area (TPSA) is 25.8 Å². The quantitative estimate of drug-likeness (QED) is 0.172. The van der Waals surface area contributed by atoms with E-state index in [4.69, 9.17) is 19.4 Å². The van der Waals surface area contributed by atoms with E-state index in [9.17, 15) is 0 Å². The zero-order valence-electron chi connectivity index (χ0n) is 16.9. The van der Waals surface area contributed by atoms with E-state index in [0.29, 0.717) is 0 Å². The van der Waals surface area contributed by atoms with Gasteiger partial charge in [0, 0.05) is 17.0 Å². The number of benzene rings is 3. The fourth-order valence-corrected chi connectivity index (χ4v) is 4.87. The van der Waals surface area contributed by atoms with Crippen LogP contribution in [0.1, 0.15) is 5.56 Å². The molecule has 0 aliphatic carbocycles. The first kappa shape index (κ1) is 23.2. The number of hydrogen-bond donors (Lipinski definition) is 0. The molecule has 2 heterocycles. The van der Waals surface area contributed by atoms with Crippen molar-refractivity contribution in [2.24, 2.45) is 0 Å². The van der Waals surface area contributed by atoms with Gasteiger partial charge in [-0.3, -0.25) is 4.98 Å². The van der Waals surface area contributed by atoms with Crippen molar-refractivity contribution >= 4 is 45.7 Å². The van der Waals surface area contributed by atoms with Crippen LogP contribution >= 0.6 is 19.4 Å². The van der Waals surface area contributed by atoms with Gasteiger partial charge in [0.15, 0.2) is 0 Å². The Morgan fingerprint density at radius 3 is 2.03 bits per heavy atom. The standard InChI is InChI=1S/C18H12N2.C7H6.CH3.2ClH.Ru/c1-2-7-15-12-19-18(11-14(15)6-1)17-10-9-13-5-3-4-8-16(13)20-17;1-7-5-3-2-4-6-7;;;;/h1-12H;1-6H;1H3;2*1H;/q;;-1;;;+2/p-2. The van der Waals surface area contributed by atoms with Gasteiger partial charge in [-0.2, -0.15) is 0 Å². The Balaban J connectivity index is 0.000000212. The van der Waals surface area contributed by atoms with Crippen LogP contribution < -0.4 is 0 Å². The van der Waals surface area contributed by atoms with Crippen LogP contribution in [0.3, 0.4) is 0 Å². The van der Waals surface area contributed by atoms with Gasteiger partial charge in [0.1, 0.15) is 0 Å². The summed E-state index contributed by atoms with van der Waals surface area (Å²) in [6.45, 7) is 0. The minimum absolute atomic E-state index is 0. The molecule has 158 valence electrons. The molecule has 0 aliphatic heterocycles. The third-order valence-corrected chi connectivity index (χ3v) is 6.36. The number of fused-ring (bicyclic) bond motifs is 2. The minimum atomic E-state index is -1.61. The van der Waals surface area contributed by atoms with E-state index in [1.165, 1.54) is 5.39 Å². The van der Waals surface area contributed by atoms with E-state index in [-0.39, 0.29) is 7.43 Å². The Morgan fingerprint density at radius 1 is 0.645 bits per heavy atom. The van der Waals surface area contributed by atoms with Gasteiger partial charge in [0.2, 0.25) is 0 Å². The molecule has 0 spiro atoms. The van der Waals surface area contributed by atoms with Crippen LogP contribution in [0.4, 0.5) is 0 Å². The van der Waals surface area contributed by atoms with Crippen molar-refractivity contribution in [3.05, 3.63) is 116 Å². The number of rotatable bonds is 2. The van der Waals surface area contributed by atoms with Gasteiger partial charge in [0.25, 0.3) is 0 Å². The number of para-hydroxylation sites is 1. The molecule has 0 N–H and O–H groups in total. The van der Waals surface area contributed by atoms with Gasteiger partial charge >= 0.3 is 73.4 Å². The predicted molar refractivity (Wildman–Crippen MR) is 132 cm³/mol. The zero-order valence-corrected chi connectivity index (χ0v) is 20.1.